The second-order valence-electron chi connectivity index (χ2n) is 5.79. The molecule has 6 heteroatoms. The second kappa shape index (κ2) is 7.83. The molecule has 2 aromatic heterocycles. The lowest BCUT2D eigenvalue weighted by molar-refractivity contribution is 0.0525. The van der Waals surface area contributed by atoms with Gasteiger partial charge in [-0.25, -0.2) is 9.78 Å². The number of rotatable bonds is 5. The number of hydrogen-bond donors (Lipinski definition) is 0. The molecule has 0 spiro atoms. The van der Waals surface area contributed by atoms with Gasteiger partial charge in [0.15, 0.2) is 5.65 Å². The molecule has 0 amide bonds. The Kier molecular flexibility index (Phi) is 5.32. The van der Waals surface area contributed by atoms with Crippen LogP contribution >= 0.6 is 0 Å². The minimum absolute atomic E-state index is 0.238. The maximum absolute atomic E-state index is 12.3. The van der Waals surface area contributed by atoms with Gasteiger partial charge in [0.05, 0.1) is 24.5 Å². The number of carbonyl (C=O) groups is 1. The van der Waals surface area contributed by atoms with Crippen LogP contribution in [0.1, 0.15) is 35.5 Å². The van der Waals surface area contributed by atoms with Crippen molar-refractivity contribution in [2.45, 2.75) is 20.8 Å². The van der Waals surface area contributed by atoms with E-state index in [4.69, 9.17) is 9.47 Å². The Balaban J connectivity index is 2.40. The highest BCUT2D eigenvalue weighted by molar-refractivity contribution is 6.01. The van der Waals surface area contributed by atoms with Gasteiger partial charge in [0.25, 0.3) is 0 Å². The summed E-state index contributed by atoms with van der Waals surface area (Å²) >= 11 is 0. The molecule has 136 valence electrons. The Morgan fingerprint density at radius 1 is 1.15 bits per heavy atom. The molecule has 1 aromatic carbocycles. The smallest absolute Gasteiger partial charge is 0.339 e. The summed E-state index contributed by atoms with van der Waals surface area (Å²) in [5, 5.41) is 10.4. The first-order valence-electron chi connectivity index (χ1n) is 8.71. The van der Waals surface area contributed by atoms with Gasteiger partial charge in [-0.05, 0) is 32.4 Å². The lowest BCUT2D eigenvalue weighted by Gasteiger charge is -2.14. The van der Waals surface area contributed by atoms with Crippen LogP contribution in [0.2, 0.25) is 0 Å². The highest BCUT2D eigenvalue weighted by atomic mass is 16.5. The monoisotopic (exact) mass is 361 g/mol. The third-order valence-electron chi connectivity index (χ3n) is 4.08. The van der Waals surface area contributed by atoms with Crippen molar-refractivity contribution in [3.63, 3.8) is 0 Å². The van der Waals surface area contributed by atoms with E-state index in [9.17, 15) is 10.1 Å². The number of esters is 1. The molecule has 2 heterocycles. The molecule has 0 aliphatic heterocycles. The van der Waals surface area contributed by atoms with Crippen molar-refractivity contribution in [3.05, 3.63) is 53.2 Å². The Hall–Kier alpha value is -3.46. The van der Waals surface area contributed by atoms with E-state index in [0.29, 0.717) is 40.0 Å². The number of ether oxygens (including phenoxy) is 2. The maximum Gasteiger partial charge on any atom is 0.339 e. The van der Waals surface area contributed by atoms with Crippen LogP contribution in [0, 0.1) is 18.3 Å². The molecule has 0 N–H and O–H groups in total. The quantitative estimate of drug-likeness (QED) is 0.637. The van der Waals surface area contributed by atoms with E-state index < -0.39 is 5.97 Å². The maximum atomic E-state index is 12.3. The normalized spacial score (nSPS) is 10.4. The van der Waals surface area contributed by atoms with Crippen LogP contribution in [0.5, 0.6) is 5.88 Å². The van der Waals surface area contributed by atoms with Crippen LogP contribution in [0.25, 0.3) is 22.2 Å². The highest BCUT2D eigenvalue weighted by Gasteiger charge is 2.21. The average molecular weight is 361 g/mol. The van der Waals surface area contributed by atoms with Crippen molar-refractivity contribution in [1.29, 1.82) is 5.26 Å². The molecule has 0 aliphatic carbocycles. The van der Waals surface area contributed by atoms with Crippen LogP contribution in [-0.4, -0.2) is 29.2 Å². The van der Waals surface area contributed by atoms with Gasteiger partial charge in [0.2, 0.25) is 5.88 Å². The lowest BCUT2D eigenvalue weighted by atomic mass is 9.96. The number of fused-ring (bicyclic) bond motifs is 1. The number of nitrogens with zero attached hydrogens (tertiary/aromatic N) is 3. The van der Waals surface area contributed by atoms with Gasteiger partial charge in [-0.3, -0.25) is 0 Å². The largest absolute Gasteiger partial charge is 0.477 e. The van der Waals surface area contributed by atoms with Crippen molar-refractivity contribution >= 4 is 17.0 Å². The number of pyridine rings is 2. The van der Waals surface area contributed by atoms with E-state index in [1.807, 2.05) is 37.3 Å². The van der Waals surface area contributed by atoms with Gasteiger partial charge < -0.3 is 9.47 Å². The van der Waals surface area contributed by atoms with Gasteiger partial charge in [-0.15, -0.1) is 0 Å². The molecule has 0 fully saturated rings. The van der Waals surface area contributed by atoms with Gasteiger partial charge in [-0.2, -0.15) is 10.2 Å². The molecule has 3 aromatic rings. The molecule has 0 aliphatic rings. The number of aromatic nitrogens is 2. The van der Waals surface area contributed by atoms with Gasteiger partial charge in [0.1, 0.15) is 11.6 Å². The van der Waals surface area contributed by atoms with Crippen molar-refractivity contribution in [3.8, 4) is 23.1 Å². The van der Waals surface area contributed by atoms with E-state index in [-0.39, 0.29) is 12.5 Å². The molecular formula is C21H19N3O3. The van der Waals surface area contributed by atoms with Gasteiger partial charge in [-0.1, -0.05) is 30.3 Å². The molecular weight excluding hydrogens is 342 g/mol. The summed E-state index contributed by atoms with van der Waals surface area (Å²) in [4.78, 5) is 21.2. The summed E-state index contributed by atoms with van der Waals surface area (Å²) < 4.78 is 10.7. The molecule has 0 saturated heterocycles. The SMILES string of the molecule is CCOC(=O)c1cc2c(-c3ccccc3)c(C#N)c(OCC)nc2nc1C. The van der Waals surface area contributed by atoms with Crippen molar-refractivity contribution in [2.75, 3.05) is 13.2 Å². The van der Waals surface area contributed by atoms with Crippen molar-refractivity contribution in [2.24, 2.45) is 0 Å². The molecule has 6 nitrogen and oxygen atoms in total. The summed E-state index contributed by atoms with van der Waals surface area (Å²) in [6.45, 7) is 5.96. The Morgan fingerprint density at radius 2 is 1.89 bits per heavy atom. The van der Waals surface area contributed by atoms with Gasteiger partial charge in [0, 0.05) is 10.9 Å². The van der Waals surface area contributed by atoms with E-state index in [0.717, 1.165) is 5.56 Å². The number of nitriles is 1. The van der Waals surface area contributed by atoms with Crippen LogP contribution < -0.4 is 4.74 Å². The fourth-order valence-corrected chi connectivity index (χ4v) is 2.92. The van der Waals surface area contributed by atoms with Crippen molar-refractivity contribution < 1.29 is 14.3 Å². The number of benzene rings is 1. The molecule has 3 rings (SSSR count). The number of hydrogen-bond acceptors (Lipinski definition) is 6. The van der Waals surface area contributed by atoms with E-state index in [1.165, 1.54) is 0 Å². The van der Waals surface area contributed by atoms with Crippen LogP contribution in [0.3, 0.4) is 0 Å². The molecule has 0 radical (unpaired) electrons. The fraction of sp³-hybridized carbons (Fsp3) is 0.238. The summed E-state index contributed by atoms with van der Waals surface area (Å²) in [6, 6.07) is 13.4. The third-order valence-corrected chi connectivity index (χ3v) is 4.08. The summed E-state index contributed by atoms with van der Waals surface area (Å²) in [5.41, 5.74) is 3.07. The summed E-state index contributed by atoms with van der Waals surface area (Å²) in [7, 11) is 0. The van der Waals surface area contributed by atoms with Gasteiger partial charge >= 0.3 is 5.97 Å². The number of aryl methyl sites for hydroxylation is 1. The zero-order valence-electron chi connectivity index (χ0n) is 15.4. The zero-order valence-corrected chi connectivity index (χ0v) is 15.4. The molecule has 0 bridgehead atoms. The fourth-order valence-electron chi connectivity index (χ4n) is 2.92. The van der Waals surface area contributed by atoms with E-state index in [1.54, 1.807) is 19.9 Å². The molecule has 0 saturated carbocycles. The molecule has 27 heavy (non-hydrogen) atoms. The number of carbonyl (C=O) groups excluding carboxylic acids is 1. The standard InChI is InChI=1S/C21H19N3O3/c1-4-26-20-17(12-22)18(14-9-7-6-8-10-14)16-11-15(21(25)27-5-2)13(3)23-19(16)24-20/h6-11H,4-5H2,1-3H3. The predicted molar refractivity (Wildman–Crippen MR) is 102 cm³/mol. The van der Waals surface area contributed by atoms with Crippen LogP contribution in [-0.2, 0) is 4.74 Å². The minimum atomic E-state index is -0.448. The van der Waals surface area contributed by atoms with Crippen molar-refractivity contribution in [1.82, 2.24) is 9.97 Å². The lowest BCUT2D eigenvalue weighted by Crippen LogP contribution is -2.09. The Morgan fingerprint density at radius 3 is 2.52 bits per heavy atom. The summed E-state index contributed by atoms with van der Waals surface area (Å²) in [5.74, 6) is -0.210. The van der Waals surface area contributed by atoms with Crippen LogP contribution in [0.15, 0.2) is 36.4 Å². The Bertz CT molecular complexity index is 1040. The summed E-state index contributed by atoms with van der Waals surface area (Å²) in [6.07, 6.45) is 0. The molecule has 0 unspecified atom stereocenters. The first-order chi connectivity index (χ1) is 13.1. The third kappa shape index (κ3) is 3.44. The van der Waals surface area contributed by atoms with E-state index in [2.05, 4.69) is 16.0 Å². The Labute approximate surface area is 157 Å². The topological polar surface area (TPSA) is 85.1 Å². The van der Waals surface area contributed by atoms with E-state index >= 15 is 0 Å². The highest BCUT2D eigenvalue weighted by Crippen LogP contribution is 2.36. The molecule has 0 atom stereocenters. The zero-order chi connectivity index (χ0) is 19.4. The van der Waals surface area contributed by atoms with Crippen LogP contribution in [0.4, 0.5) is 0 Å². The average Bonchev–Trinajstić information content (AvgIpc) is 2.67. The first-order valence-corrected chi connectivity index (χ1v) is 8.71. The second-order valence-corrected chi connectivity index (χ2v) is 5.79. The minimum Gasteiger partial charge on any atom is -0.477 e. The predicted octanol–water partition coefficient (Wildman–Crippen LogP) is 4.05. The first kappa shape index (κ1) is 18.3.